The number of likely N-dealkylation sites (tertiary alicyclic amines) is 1. The van der Waals surface area contributed by atoms with Gasteiger partial charge in [-0.25, -0.2) is 0 Å². The number of carbonyl (C=O) groups is 2. The zero-order chi connectivity index (χ0) is 23.2. The van der Waals surface area contributed by atoms with Crippen LogP contribution in [0.15, 0.2) is 66.9 Å². The summed E-state index contributed by atoms with van der Waals surface area (Å²) in [6, 6.07) is 18.6. The molecule has 1 aliphatic heterocycles. The summed E-state index contributed by atoms with van der Waals surface area (Å²) < 4.78 is 11.7. The standard InChI is InChI=1S/C26H29N3O4/c1-18-10-11-20(28-25(30)24(32-2)19-7-4-3-5-8-19)17-23(18)33-21-12-15-29(16-13-21)26(31)22-9-6-14-27-22/h3-11,14,17,21,24,27H,12-13,15-16H2,1-2H3,(H,28,30)/t24-/m0/s1. The van der Waals surface area contributed by atoms with Gasteiger partial charge in [0.2, 0.25) is 0 Å². The first-order valence-corrected chi connectivity index (χ1v) is 11.1. The first-order chi connectivity index (χ1) is 16.0. The van der Waals surface area contributed by atoms with E-state index in [0.717, 1.165) is 29.7 Å². The zero-order valence-corrected chi connectivity index (χ0v) is 18.9. The molecule has 1 aliphatic rings. The van der Waals surface area contributed by atoms with Gasteiger partial charge in [-0.3, -0.25) is 9.59 Å². The molecule has 7 heteroatoms. The summed E-state index contributed by atoms with van der Waals surface area (Å²) in [5.74, 6) is 0.510. The van der Waals surface area contributed by atoms with Crippen molar-refractivity contribution < 1.29 is 19.1 Å². The van der Waals surface area contributed by atoms with Crippen LogP contribution < -0.4 is 10.1 Å². The highest BCUT2D eigenvalue weighted by atomic mass is 16.5. The number of hydrogen-bond acceptors (Lipinski definition) is 4. The maximum absolute atomic E-state index is 12.8. The molecule has 2 heterocycles. The lowest BCUT2D eigenvalue weighted by atomic mass is 10.1. The van der Waals surface area contributed by atoms with Gasteiger partial charge in [0.15, 0.2) is 6.10 Å². The number of H-pyrrole nitrogens is 1. The molecule has 7 nitrogen and oxygen atoms in total. The Morgan fingerprint density at radius 3 is 2.48 bits per heavy atom. The van der Waals surface area contributed by atoms with Gasteiger partial charge >= 0.3 is 0 Å². The summed E-state index contributed by atoms with van der Waals surface area (Å²) in [5.41, 5.74) is 3.04. The third-order valence-corrected chi connectivity index (χ3v) is 5.88. The van der Waals surface area contributed by atoms with Crippen molar-refractivity contribution in [1.29, 1.82) is 0 Å². The van der Waals surface area contributed by atoms with Gasteiger partial charge in [-0.05, 0) is 36.2 Å². The van der Waals surface area contributed by atoms with Crippen LogP contribution in [-0.4, -0.2) is 48.0 Å². The summed E-state index contributed by atoms with van der Waals surface area (Å²) in [5, 5.41) is 2.93. The number of piperidine rings is 1. The zero-order valence-electron chi connectivity index (χ0n) is 18.9. The number of nitrogens with zero attached hydrogens (tertiary/aromatic N) is 1. The van der Waals surface area contributed by atoms with Crippen LogP contribution in [0.5, 0.6) is 5.75 Å². The quantitative estimate of drug-likeness (QED) is 0.565. The average molecular weight is 448 g/mol. The number of aryl methyl sites for hydroxylation is 1. The van der Waals surface area contributed by atoms with E-state index in [0.29, 0.717) is 24.5 Å². The van der Waals surface area contributed by atoms with E-state index >= 15 is 0 Å². The first-order valence-electron chi connectivity index (χ1n) is 11.1. The first kappa shape index (κ1) is 22.6. The van der Waals surface area contributed by atoms with Crippen LogP contribution in [0.25, 0.3) is 0 Å². The van der Waals surface area contributed by atoms with E-state index in [1.165, 1.54) is 7.11 Å². The van der Waals surface area contributed by atoms with Crippen LogP contribution in [0, 0.1) is 6.92 Å². The highest BCUT2D eigenvalue weighted by Gasteiger charge is 2.26. The molecule has 1 atom stereocenters. The predicted molar refractivity (Wildman–Crippen MR) is 126 cm³/mol. The monoisotopic (exact) mass is 447 g/mol. The number of hydrogen-bond donors (Lipinski definition) is 2. The molecule has 0 aliphatic carbocycles. The van der Waals surface area contributed by atoms with Crippen LogP contribution in [0.3, 0.4) is 0 Å². The molecule has 1 aromatic heterocycles. The third kappa shape index (κ3) is 5.43. The summed E-state index contributed by atoms with van der Waals surface area (Å²) in [6.45, 7) is 3.27. The van der Waals surface area contributed by atoms with Crippen LogP contribution in [0.1, 0.15) is 40.6 Å². The Kier molecular flexibility index (Phi) is 7.10. The van der Waals surface area contributed by atoms with Crippen molar-refractivity contribution in [1.82, 2.24) is 9.88 Å². The van der Waals surface area contributed by atoms with Gasteiger partial charge in [0.05, 0.1) is 0 Å². The fraction of sp³-hybridized carbons (Fsp3) is 0.308. The molecule has 0 spiro atoms. The van der Waals surface area contributed by atoms with Gasteiger partial charge in [-0.1, -0.05) is 36.4 Å². The molecule has 172 valence electrons. The summed E-state index contributed by atoms with van der Waals surface area (Å²) in [6.07, 6.45) is 2.58. The van der Waals surface area contributed by atoms with Crippen LogP contribution in [0.2, 0.25) is 0 Å². The molecule has 1 saturated heterocycles. The van der Waals surface area contributed by atoms with Crippen LogP contribution >= 0.6 is 0 Å². The molecular formula is C26H29N3O4. The van der Waals surface area contributed by atoms with Crippen molar-refractivity contribution in [3.63, 3.8) is 0 Å². The highest BCUT2D eigenvalue weighted by molar-refractivity contribution is 5.95. The number of nitrogens with one attached hydrogen (secondary N) is 2. The van der Waals surface area contributed by atoms with Crippen molar-refractivity contribution in [3.8, 4) is 5.75 Å². The summed E-state index contributed by atoms with van der Waals surface area (Å²) in [7, 11) is 1.52. The minimum Gasteiger partial charge on any atom is -0.490 e. The van der Waals surface area contributed by atoms with Crippen LogP contribution in [-0.2, 0) is 9.53 Å². The van der Waals surface area contributed by atoms with Gasteiger partial charge in [0.25, 0.3) is 11.8 Å². The van der Waals surface area contributed by atoms with Crippen molar-refractivity contribution in [2.24, 2.45) is 0 Å². The minimum atomic E-state index is -0.696. The van der Waals surface area contributed by atoms with Gasteiger partial charge in [0.1, 0.15) is 17.5 Å². The number of methoxy groups -OCH3 is 1. The molecule has 2 amide bonds. The number of anilines is 1. The second-order valence-corrected chi connectivity index (χ2v) is 8.19. The SMILES string of the molecule is CO[C@H](C(=O)Nc1ccc(C)c(OC2CCN(C(=O)c3ccc[nH]3)CC2)c1)c1ccccc1. The molecule has 3 aromatic rings. The molecule has 0 saturated carbocycles. The van der Waals surface area contributed by atoms with Gasteiger partial charge in [0, 0.05) is 51.0 Å². The number of aromatic nitrogens is 1. The molecule has 33 heavy (non-hydrogen) atoms. The second-order valence-electron chi connectivity index (χ2n) is 8.19. The lowest BCUT2D eigenvalue weighted by Gasteiger charge is -2.32. The Morgan fingerprint density at radius 2 is 1.82 bits per heavy atom. The topological polar surface area (TPSA) is 83.7 Å². The lowest BCUT2D eigenvalue weighted by molar-refractivity contribution is -0.126. The lowest BCUT2D eigenvalue weighted by Crippen LogP contribution is -2.42. The number of amides is 2. The Bertz CT molecular complexity index is 1070. The third-order valence-electron chi connectivity index (χ3n) is 5.88. The highest BCUT2D eigenvalue weighted by Crippen LogP contribution is 2.28. The van der Waals surface area contributed by atoms with E-state index < -0.39 is 6.10 Å². The predicted octanol–water partition coefficient (Wildman–Crippen LogP) is 4.33. The Labute approximate surface area is 193 Å². The van der Waals surface area contributed by atoms with Crippen molar-refractivity contribution in [2.75, 3.05) is 25.5 Å². The van der Waals surface area contributed by atoms with E-state index in [2.05, 4.69) is 10.3 Å². The van der Waals surface area contributed by atoms with E-state index in [-0.39, 0.29) is 17.9 Å². The van der Waals surface area contributed by atoms with E-state index in [4.69, 9.17) is 9.47 Å². The van der Waals surface area contributed by atoms with Gasteiger partial charge in [-0.2, -0.15) is 0 Å². The number of aromatic amines is 1. The number of carbonyl (C=O) groups excluding carboxylic acids is 2. The van der Waals surface area contributed by atoms with E-state index in [9.17, 15) is 9.59 Å². The molecule has 2 aromatic carbocycles. The Balaban J connectivity index is 1.37. The molecular weight excluding hydrogens is 418 g/mol. The number of benzene rings is 2. The molecule has 0 radical (unpaired) electrons. The fourth-order valence-electron chi connectivity index (χ4n) is 4.02. The normalized spacial score (nSPS) is 15.2. The number of ether oxygens (including phenoxy) is 2. The van der Waals surface area contributed by atoms with Gasteiger partial charge < -0.3 is 24.7 Å². The molecule has 1 fully saturated rings. The fourth-order valence-corrected chi connectivity index (χ4v) is 4.02. The number of rotatable bonds is 7. The van der Waals surface area contributed by atoms with Gasteiger partial charge in [-0.15, -0.1) is 0 Å². The van der Waals surface area contributed by atoms with Crippen molar-refractivity contribution in [3.05, 3.63) is 83.7 Å². The van der Waals surface area contributed by atoms with Crippen LogP contribution in [0.4, 0.5) is 5.69 Å². The second kappa shape index (κ2) is 10.4. The molecule has 0 bridgehead atoms. The summed E-state index contributed by atoms with van der Waals surface area (Å²) >= 11 is 0. The maximum Gasteiger partial charge on any atom is 0.270 e. The largest absolute Gasteiger partial charge is 0.490 e. The smallest absolute Gasteiger partial charge is 0.270 e. The summed E-state index contributed by atoms with van der Waals surface area (Å²) in [4.78, 5) is 30.1. The molecule has 4 rings (SSSR count). The van der Waals surface area contributed by atoms with E-state index in [1.54, 1.807) is 12.3 Å². The van der Waals surface area contributed by atoms with E-state index in [1.807, 2.05) is 66.4 Å². The van der Waals surface area contributed by atoms with Crippen molar-refractivity contribution in [2.45, 2.75) is 32.0 Å². The Hall–Kier alpha value is -3.58. The van der Waals surface area contributed by atoms with Crippen molar-refractivity contribution >= 4 is 17.5 Å². The average Bonchev–Trinajstić information content (AvgIpc) is 3.37. The maximum atomic E-state index is 12.8. The molecule has 0 unspecified atom stereocenters. The minimum absolute atomic E-state index is 0.0124. The Morgan fingerprint density at radius 1 is 1.06 bits per heavy atom. The molecule has 2 N–H and O–H groups in total.